The molecule has 2 aromatic rings. The highest BCUT2D eigenvalue weighted by atomic mass is 79.9. The zero-order chi connectivity index (χ0) is 13.1. The molecule has 0 fully saturated rings. The van der Waals surface area contributed by atoms with Crippen LogP contribution < -0.4 is 4.90 Å². The molecule has 1 amide bonds. The summed E-state index contributed by atoms with van der Waals surface area (Å²) in [7, 11) is 1.66. The van der Waals surface area contributed by atoms with Crippen molar-refractivity contribution in [1.29, 1.82) is 0 Å². The molecule has 92 valence electrons. The van der Waals surface area contributed by atoms with Gasteiger partial charge in [0.25, 0.3) is 5.91 Å². The number of anilines is 1. The molecule has 2 rings (SSSR count). The van der Waals surface area contributed by atoms with Crippen LogP contribution in [-0.4, -0.2) is 13.0 Å². The molecule has 0 unspecified atom stereocenters. The molecule has 18 heavy (non-hydrogen) atoms. The Morgan fingerprint density at radius 1 is 1.17 bits per heavy atom. The minimum Gasteiger partial charge on any atom is -0.311 e. The van der Waals surface area contributed by atoms with Gasteiger partial charge in [-0.1, -0.05) is 34.1 Å². The monoisotopic (exact) mass is 307 g/mol. The summed E-state index contributed by atoms with van der Waals surface area (Å²) in [4.78, 5) is 13.7. The van der Waals surface area contributed by atoms with Gasteiger partial charge in [0.15, 0.2) is 0 Å². The molecule has 0 aliphatic heterocycles. The third-order valence-electron chi connectivity index (χ3n) is 2.56. The van der Waals surface area contributed by atoms with E-state index in [1.165, 1.54) is 17.0 Å². The van der Waals surface area contributed by atoms with E-state index in [-0.39, 0.29) is 5.91 Å². The van der Waals surface area contributed by atoms with Crippen molar-refractivity contribution in [3.8, 4) is 0 Å². The Kier molecular flexibility index (Phi) is 3.77. The lowest BCUT2D eigenvalue weighted by Crippen LogP contribution is -2.26. The van der Waals surface area contributed by atoms with Crippen LogP contribution in [0.25, 0.3) is 0 Å². The van der Waals surface area contributed by atoms with Gasteiger partial charge in [0.1, 0.15) is 5.82 Å². The quantitative estimate of drug-likeness (QED) is 0.825. The second-order valence-electron chi connectivity index (χ2n) is 3.86. The number of hydrogen-bond donors (Lipinski definition) is 0. The normalized spacial score (nSPS) is 10.2. The Bertz CT molecular complexity index is 551. The first-order valence-corrected chi connectivity index (χ1v) is 6.16. The minimum atomic E-state index is -0.436. The maximum Gasteiger partial charge on any atom is 0.258 e. The van der Waals surface area contributed by atoms with Crippen molar-refractivity contribution >= 4 is 27.5 Å². The van der Waals surface area contributed by atoms with Crippen molar-refractivity contribution in [2.75, 3.05) is 11.9 Å². The van der Waals surface area contributed by atoms with Crippen LogP contribution in [-0.2, 0) is 0 Å². The van der Waals surface area contributed by atoms with Crippen molar-refractivity contribution < 1.29 is 9.18 Å². The van der Waals surface area contributed by atoms with Crippen molar-refractivity contribution in [1.82, 2.24) is 0 Å². The molecule has 2 aromatic carbocycles. The topological polar surface area (TPSA) is 20.3 Å². The average molecular weight is 308 g/mol. The maximum atomic E-state index is 13.3. The van der Waals surface area contributed by atoms with Gasteiger partial charge in [-0.2, -0.15) is 0 Å². The van der Waals surface area contributed by atoms with E-state index in [0.717, 1.165) is 5.69 Å². The first kappa shape index (κ1) is 12.8. The number of para-hydroxylation sites is 1. The molecule has 0 saturated carbocycles. The molecule has 0 heterocycles. The zero-order valence-corrected chi connectivity index (χ0v) is 11.3. The highest BCUT2D eigenvalue weighted by Crippen LogP contribution is 2.19. The molecule has 0 spiro atoms. The van der Waals surface area contributed by atoms with Crippen LogP contribution in [0.15, 0.2) is 53.0 Å². The van der Waals surface area contributed by atoms with E-state index in [1.54, 1.807) is 13.1 Å². The third-order valence-corrected chi connectivity index (χ3v) is 3.02. The number of benzene rings is 2. The Hall–Kier alpha value is -1.68. The van der Waals surface area contributed by atoms with Crippen LogP contribution in [0.4, 0.5) is 10.1 Å². The van der Waals surface area contributed by atoms with Crippen LogP contribution in [0.2, 0.25) is 0 Å². The lowest BCUT2D eigenvalue weighted by Gasteiger charge is -2.17. The second-order valence-corrected chi connectivity index (χ2v) is 4.77. The molecule has 0 aliphatic carbocycles. The standard InChI is InChI=1S/C14H11BrFNO/c1-17(13-5-3-2-4-6-13)14(18)10-7-11(15)9-12(16)8-10/h2-9H,1H3. The Labute approximate surface area is 113 Å². The number of halogens is 2. The van der Waals surface area contributed by atoms with Crippen molar-refractivity contribution in [3.05, 3.63) is 64.4 Å². The van der Waals surface area contributed by atoms with Crippen LogP contribution in [0.1, 0.15) is 10.4 Å². The molecule has 0 aromatic heterocycles. The van der Waals surface area contributed by atoms with E-state index in [2.05, 4.69) is 15.9 Å². The van der Waals surface area contributed by atoms with Gasteiger partial charge in [-0.05, 0) is 30.3 Å². The summed E-state index contributed by atoms with van der Waals surface area (Å²) in [6, 6.07) is 13.4. The summed E-state index contributed by atoms with van der Waals surface area (Å²) in [5.41, 5.74) is 1.08. The number of amides is 1. The summed E-state index contributed by atoms with van der Waals surface area (Å²) in [6.07, 6.45) is 0. The molecule has 0 N–H and O–H groups in total. The lowest BCUT2D eigenvalue weighted by molar-refractivity contribution is 0.0992. The molecule has 4 heteroatoms. The SMILES string of the molecule is CN(C(=O)c1cc(F)cc(Br)c1)c1ccccc1. The van der Waals surface area contributed by atoms with Crippen LogP contribution in [0.5, 0.6) is 0 Å². The smallest absolute Gasteiger partial charge is 0.258 e. The fourth-order valence-corrected chi connectivity index (χ4v) is 2.11. The molecule has 2 nitrogen and oxygen atoms in total. The molecule has 0 atom stereocenters. The van der Waals surface area contributed by atoms with E-state index in [9.17, 15) is 9.18 Å². The predicted molar refractivity (Wildman–Crippen MR) is 73.3 cm³/mol. The van der Waals surface area contributed by atoms with Gasteiger partial charge < -0.3 is 4.90 Å². The van der Waals surface area contributed by atoms with Gasteiger partial charge in [-0.25, -0.2) is 4.39 Å². The largest absolute Gasteiger partial charge is 0.311 e. The molecular weight excluding hydrogens is 297 g/mol. The van der Waals surface area contributed by atoms with Crippen molar-refractivity contribution in [2.24, 2.45) is 0 Å². The minimum absolute atomic E-state index is 0.249. The second kappa shape index (κ2) is 5.31. The highest BCUT2D eigenvalue weighted by molar-refractivity contribution is 9.10. The van der Waals surface area contributed by atoms with E-state index < -0.39 is 5.82 Å². The van der Waals surface area contributed by atoms with Crippen molar-refractivity contribution in [2.45, 2.75) is 0 Å². The van der Waals surface area contributed by atoms with Crippen LogP contribution in [0.3, 0.4) is 0 Å². The number of carbonyl (C=O) groups excluding carboxylic acids is 1. The first-order valence-electron chi connectivity index (χ1n) is 5.37. The summed E-state index contributed by atoms with van der Waals surface area (Å²) in [5.74, 6) is -0.685. The molecule has 0 saturated heterocycles. The van der Waals surface area contributed by atoms with Crippen LogP contribution in [0, 0.1) is 5.82 Å². The van der Waals surface area contributed by atoms with E-state index in [1.807, 2.05) is 30.3 Å². The van der Waals surface area contributed by atoms with Gasteiger partial charge in [-0.15, -0.1) is 0 Å². The maximum absolute atomic E-state index is 13.3. The molecule has 0 bridgehead atoms. The molecule has 0 aliphatic rings. The van der Waals surface area contributed by atoms with Gasteiger partial charge in [0.2, 0.25) is 0 Å². The Morgan fingerprint density at radius 3 is 2.44 bits per heavy atom. The number of rotatable bonds is 2. The Morgan fingerprint density at radius 2 is 1.83 bits per heavy atom. The third kappa shape index (κ3) is 2.76. The van der Waals surface area contributed by atoms with E-state index >= 15 is 0 Å². The van der Waals surface area contributed by atoms with E-state index in [0.29, 0.717) is 10.0 Å². The van der Waals surface area contributed by atoms with Crippen LogP contribution >= 0.6 is 15.9 Å². The number of hydrogen-bond acceptors (Lipinski definition) is 1. The zero-order valence-electron chi connectivity index (χ0n) is 9.73. The first-order chi connectivity index (χ1) is 8.58. The highest BCUT2D eigenvalue weighted by Gasteiger charge is 2.14. The summed E-state index contributed by atoms with van der Waals surface area (Å²) < 4.78 is 13.8. The number of nitrogens with zero attached hydrogens (tertiary/aromatic N) is 1. The van der Waals surface area contributed by atoms with Gasteiger partial charge in [0, 0.05) is 22.8 Å². The van der Waals surface area contributed by atoms with Crippen molar-refractivity contribution in [3.63, 3.8) is 0 Å². The molecular formula is C14H11BrFNO. The average Bonchev–Trinajstić information content (AvgIpc) is 2.37. The predicted octanol–water partition coefficient (Wildman–Crippen LogP) is 3.86. The fourth-order valence-electron chi connectivity index (χ4n) is 1.64. The summed E-state index contributed by atoms with van der Waals surface area (Å²) in [5, 5.41) is 0. The Balaban J connectivity index is 2.31. The fraction of sp³-hybridized carbons (Fsp3) is 0.0714. The lowest BCUT2D eigenvalue weighted by atomic mass is 10.2. The van der Waals surface area contributed by atoms with Gasteiger partial charge >= 0.3 is 0 Å². The van der Waals surface area contributed by atoms with Gasteiger partial charge in [-0.3, -0.25) is 4.79 Å². The molecule has 0 radical (unpaired) electrons. The van der Waals surface area contributed by atoms with Gasteiger partial charge in [0.05, 0.1) is 0 Å². The van der Waals surface area contributed by atoms with E-state index in [4.69, 9.17) is 0 Å². The number of carbonyl (C=O) groups is 1. The summed E-state index contributed by atoms with van der Waals surface area (Å²) in [6.45, 7) is 0. The summed E-state index contributed by atoms with van der Waals surface area (Å²) >= 11 is 3.18.